The number of carbonyl (C=O) groups is 2. The van der Waals surface area contributed by atoms with E-state index < -0.39 is 11.0 Å². The second kappa shape index (κ2) is 13.5. The van der Waals surface area contributed by atoms with Crippen LogP contribution in [-0.4, -0.2) is 66.0 Å². The molecule has 1 aliphatic rings. The first-order chi connectivity index (χ1) is 17.9. The van der Waals surface area contributed by atoms with E-state index in [1.807, 2.05) is 18.2 Å². The van der Waals surface area contributed by atoms with E-state index in [1.165, 1.54) is 17.7 Å². The van der Waals surface area contributed by atoms with Crippen LogP contribution in [0, 0.1) is 10.1 Å². The highest BCUT2D eigenvalue weighted by Gasteiger charge is 2.31. The second-order valence-corrected chi connectivity index (χ2v) is 9.67. The van der Waals surface area contributed by atoms with E-state index in [0.29, 0.717) is 18.7 Å². The molecule has 2 amide bonds. The summed E-state index contributed by atoms with van der Waals surface area (Å²) in [6.45, 7) is 9.61. The number of ether oxygens (including phenoxy) is 1. The Kier molecular flexibility index (Phi) is 10.2. The number of rotatable bonds is 13. The Hall–Kier alpha value is -3.72. The molecule has 1 heterocycles. The molecule has 1 atom stereocenters. The van der Waals surface area contributed by atoms with Gasteiger partial charge in [0.25, 0.3) is 5.69 Å². The third kappa shape index (κ3) is 7.88. The maximum Gasteiger partial charge on any atom is 0.410 e. The SMILES string of the molecule is C=CCN(C(=O)OCc1ccc([N+](=O)[O-])cc1)C1CCN(CCC(C)(CNC=O)c2ccccc2)CC1. The summed E-state index contributed by atoms with van der Waals surface area (Å²) >= 11 is 0. The molecule has 9 heteroatoms. The molecule has 0 saturated carbocycles. The van der Waals surface area contributed by atoms with E-state index in [-0.39, 0.29) is 23.8 Å². The highest BCUT2D eigenvalue weighted by atomic mass is 16.6. The third-order valence-electron chi connectivity index (χ3n) is 7.09. The average Bonchev–Trinajstić information content (AvgIpc) is 2.93. The molecule has 0 spiro atoms. The molecule has 198 valence electrons. The molecule has 1 saturated heterocycles. The van der Waals surface area contributed by atoms with Crippen molar-refractivity contribution < 1.29 is 19.2 Å². The molecular weight excluding hydrogens is 472 g/mol. The maximum atomic E-state index is 12.9. The molecule has 37 heavy (non-hydrogen) atoms. The lowest BCUT2D eigenvalue weighted by atomic mass is 9.79. The number of benzene rings is 2. The predicted molar refractivity (Wildman–Crippen MR) is 142 cm³/mol. The summed E-state index contributed by atoms with van der Waals surface area (Å²) in [6.07, 6.45) is 4.60. The number of nitro benzene ring substituents is 1. The summed E-state index contributed by atoms with van der Waals surface area (Å²) in [5, 5.41) is 13.7. The van der Waals surface area contributed by atoms with Gasteiger partial charge in [0.1, 0.15) is 6.61 Å². The van der Waals surface area contributed by atoms with Crippen molar-refractivity contribution in [3.63, 3.8) is 0 Å². The van der Waals surface area contributed by atoms with Crippen molar-refractivity contribution in [2.45, 2.75) is 44.2 Å². The fraction of sp³-hybridized carbons (Fsp3) is 0.429. The summed E-state index contributed by atoms with van der Waals surface area (Å²) in [5.41, 5.74) is 1.72. The van der Waals surface area contributed by atoms with Crippen molar-refractivity contribution in [1.29, 1.82) is 0 Å². The number of hydrogen-bond acceptors (Lipinski definition) is 6. The zero-order valence-electron chi connectivity index (χ0n) is 21.4. The van der Waals surface area contributed by atoms with E-state index in [0.717, 1.165) is 45.3 Å². The van der Waals surface area contributed by atoms with Crippen LogP contribution in [0.5, 0.6) is 0 Å². The Labute approximate surface area is 218 Å². The van der Waals surface area contributed by atoms with Gasteiger partial charge in [0.15, 0.2) is 0 Å². The summed E-state index contributed by atoms with van der Waals surface area (Å²) in [5.74, 6) is 0. The molecule has 0 bridgehead atoms. The van der Waals surface area contributed by atoms with Crippen molar-refractivity contribution in [3.8, 4) is 0 Å². The molecule has 9 nitrogen and oxygen atoms in total. The number of likely N-dealkylation sites (tertiary alicyclic amines) is 1. The summed E-state index contributed by atoms with van der Waals surface area (Å²) in [7, 11) is 0. The van der Waals surface area contributed by atoms with Gasteiger partial charge < -0.3 is 19.9 Å². The zero-order valence-corrected chi connectivity index (χ0v) is 21.4. The number of piperidine rings is 1. The van der Waals surface area contributed by atoms with Gasteiger partial charge in [0.05, 0.1) is 4.92 Å². The third-order valence-corrected chi connectivity index (χ3v) is 7.09. The van der Waals surface area contributed by atoms with Gasteiger partial charge in [-0.15, -0.1) is 6.58 Å². The molecule has 1 aliphatic heterocycles. The Morgan fingerprint density at radius 2 is 1.89 bits per heavy atom. The van der Waals surface area contributed by atoms with Crippen LogP contribution >= 0.6 is 0 Å². The quantitative estimate of drug-likeness (QED) is 0.187. The fourth-order valence-corrected chi connectivity index (χ4v) is 4.76. The predicted octanol–water partition coefficient (Wildman–Crippen LogP) is 4.28. The number of hydrogen-bond donors (Lipinski definition) is 1. The van der Waals surface area contributed by atoms with Gasteiger partial charge in [-0.2, -0.15) is 0 Å². The standard InChI is InChI=1S/C28H36N4O5/c1-3-16-31(27(34)37-20-23-9-11-26(12-10-23)32(35)36)25-13-17-30(18-14-25)19-15-28(2,21-29-22-33)24-7-5-4-6-8-24/h3-12,22,25H,1,13-21H2,2H3,(H,29,33). The Morgan fingerprint density at radius 1 is 1.22 bits per heavy atom. The first kappa shape index (κ1) is 27.9. The fourth-order valence-electron chi connectivity index (χ4n) is 4.76. The number of amides is 2. The highest BCUT2D eigenvalue weighted by Crippen LogP contribution is 2.28. The van der Waals surface area contributed by atoms with Gasteiger partial charge in [0, 0.05) is 49.8 Å². The van der Waals surface area contributed by atoms with Gasteiger partial charge in [-0.25, -0.2) is 4.79 Å². The highest BCUT2D eigenvalue weighted by molar-refractivity contribution is 5.68. The number of nitro groups is 1. The van der Waals surface area contributed by atoms with Crippen LogP contribution in [0.3, 0.4) is 0 Å². The Morgan fingerprint density at radius 3 is 2.49 bits per heavy atom. The monoisotopic (exact) mass is 508 g/mol. The molecule has 2 aromatic carbocycles. The molecule has 1 N–H and O–H groups in total. The van der Waals surface area contributed by atoms with Gasteiger partial charge in [-0.1, -0.05) is 43.3 Å². The summed E-state index contributed by atoms with van der Waals surface area (Å²) in [4.78, 5) is 38.3. The number of carbonyl (C=O) groups excluding carboxylic acids is 2. The van der Waals surface area contributed by atoms with Crippen LogP contribution in [0.25, 0.3) is 0 Å². The maximum absolute atomic E-state index is 12.9. The van der Waals surface area contributed by atoms with Crippen LogP contribution in [0.2, 0.25) is 0 Å². The smallest absolute Gasteiger partial charge is 0.410 e. The normalized spacial score (nSPS) is 15.8. The van der Waals surface area contributed by atoms with Crippen molar-refractivity contribution >= 4 is 18.2 Å². The molecule has 3 rings (SSSR count). The molecule has 0 radical (unpaired) electrons. The summed E-state index contributed by atoms with van der Waals surface area (Å²) in [6, 6.07) is 16.3. The van der Waals surface area contributed by atoms with E-state index in [1.54, 1.807) is 23.1 Å². The van der Waals surface area contributed by atoms with Gasteiger partial charge in [0.2, 0.25) is 6.41 Å². The Bertz CT molecular complexity index is 1040. The molecule has 1 unspecified atom stereocenters. The van der Waals surface area contributed by atoms with Crippen LogP contribution in [0.15, 0.2) is 67.3 Å². The molecule has 1 fully saturated rings. The Balaban J connectivity index is 1.52. The zero-order chi connectivity index (χ0) is 26.7. The minimum absolute atomic E-state index is 0.000736. The number of non-ortho nitro benzene ring substituents is 1. The van der Waals surface area contributed by atoms with E-state index >= 15 is 0 Å². The van der Waals surface area contributed by atoms with Gasteiger partial charge in [-0.3, -0.25) is 14.9 Å². The molecular formula is C28H36N4O5. The second-order valence-electron chi connectivity index (χ2n) is 9.67. The minimum atomic E-state index is -0.460. The van der Waals surface area contributed by atoms with Crippen molar-refractivity contribution in [1.82, 2.24) is 15.1 Å². The van der Waals surface area contributed by atoms with Gasteiger partial charge in [-0.05, 0) is 49.1 Å². The molecule has 0 aromatic heterocycles. The van der Waals surface area contributed by atoms with Crippen molar-refractivity contribution in [3.05, 3.63) is 88.5 Å². The van der Waals surface area contributed by atoms with E-state index in [2.05, 4.69) is 35.9 Å². The number of nitrogens with zero attached hydrogens (tertiary/aromatic N) is 3. The molecule has 2 aromatic rings. The van der Waals surface area contributed by atoms with Crippen molar-refractivity contribution in [2.24, 2.45) is 0 Å². The first-order valence-corrected chi connectivity index (χ1v) is 12.6. The topological polar surface area (TPSA) is 105 Å². The molecule has 0 aliphatic carbocycles. The van der Waals surface area contributed by atoms with Crippen LogP contribution in [0.1, 0.15) is 37.3 Å². The first-order valence-electron chi connectivity index (χ1n) is 12.6. The lowest BCUT2D eigenvalue weighted by molar-refractivity contribution is -0.384. The minimum Gasteiger partial charge on any atom is -0.445 e. The average molecular weight is 509 g/mol. The lowest BCUT2D eigenvalue weighted by Gasteiger charge is -2.39. The van der Waals surface area contributed by atoms with Crippen molar-refractivity contribution in [2.75, 3.05) is 32.7 Å². The van der Waals surface area contributed by atoms with Crippen LogP contribution in [0.4, 0.5) is 10.5 Å². The van der Waals surface area contributed by atoms with E-state index in [9.17, 15) is 19.7 Å². The largest absolute Gasteiger partial charge is 0.445 e. The summed E-state index contributed by atoms with van der Waals surface area (Å²) < 4.78 is 5.52. The van der Waals surface area contributed by atoms with Crippen LogP contribution < -0.4 is 5.32 Å². The lowest BCUT2D eigenvalue weighted by Crippen LogP contribution is -2.48. The number of nitrogens with one attached hydrogen (secondary N) is 1. The van der Waals surface area contributed by atoms with Gasteiger partial charge >= 0.3 is 6.09 Å². The van der Waals surface area contributed by atoms with Crippen LogP contribution in [-0.2, 0) is 21.6 Å². The van der Waals surface area contributed by atoms with E-state index in [4.69, 9.17) is 4.74 Å².